The van der Waals surface area contributed by atoms with Crippen LogP contribution in [0.1, 0.15) is 23.2 Å². The quantitative estimate of drug-likeness (QED) is 0.407. The summed E-state index contributed by atoms with van der Waals surface area (Å²) in [5, 5.41) is 7.25. The molecule has 23 heavy (non-hydrogen) atoms. The Morgan fingerprint density at radius 3 is 2.70 bits per heavy atom. The smallest absolute Gasteiger partial charge is 0.372 e. The van der Waals surface area contributed by atoms with E-state index in [9.17, 15) is 13.2 Å². The van der Waals surface area contributed by atoms with Crippen LogP contribution < -0.4 is 10.6 Å². The molecule has 0 aromatic carbocycles. The predicted octanol–water partition coefficient (Wildman–Crippen LogP) is 2.38. The van der Waals surface area contributed by atoms with Gasteiger partial charge in [0, 0.05) is 44.2 Å². The molecule has 0 fully saturated rings. The lowest BCUT2D eigenvalue weighted by atomic mass is 10.4. The van der Waals surface area contributed by atoms with E-state index >= 15 is 0 Å². The third-order valence-corrected chi connectivity index (χ3v) is 4.03. The molecular weight excluding hydrogens is 329 g/mol. The van der Waals surface area contributed by atoms with Crippen molar-refractivity contribution in [2.45, 2.75) is 32.4 Å². The second-order valence-corrected chi connectivity index (χ2v) is 5.97. The van der Waals surface area contributed by atoms with Crippen LogP contribution >= 0.6 is 11.3 Å². The lowest BCUT2D eigenvalue weighted by molar-refractivity contribution is -0.173. The summed E-state index contributed by atoms with van der Waals surface area (Å²) >= 11 is 1.70. The largest absolute Gasteiger partial charge is 0.411 e. The number of ether oxygens (including phenoxy) is 1. The van der Waals surface area contributed by atoms with Crippen LogP contribution in [0, 0.1) is 0 Å². The molecule has 0 aliphatic carbocycles. The van der Waals surface area contributed by atoms with Gasteiger partial charge in [0.2, 0.25) is 0 Å². The molecule has 1 heterocycles. The van der Waals surface area contributed by atoms with Gasteiger partial charge in [-0.2, -0.15) is 13.2 Å². The zero-order valence-electron chi connectivity index (χ0n) is 13.4. The molecule has 0 atom stereocenters. The fourth-order valence-electron chi connectivity index (χ4n) is 1.70. The molecule has 1 aromatic heterocycles. The van der Waals surface area contributed by atoms with E-state index in [1.807, 2.05) is 6.20 Å². The van der Waals surface area contributed by atoms with Crippen molar-refractivity contribution in [2.75, 3.05) is 33.4 Å². The molecule has 0 bridgehead atoms. The Morgan fingerprint density at radius 2 is 2.09 bits per heavy atom. The summed E-state index contributed by atoms with van der Waals surface area (Å²) in [6.07, 6.45) is -0.0968. The number of aromatic nitrogens is 1. The number of aliphatic imine (C=N–C) groups is 1. The van der Waals surface area contributed by atoms with Crippen LogP contribution in [-0.2, 0) is 17.6 Å². The second-order valence-electron chi connectivity index (χ2n) is 4.77. The van der Waals surface area contributed by atoms with Gasteiger partial charge in [-0.1, -0.05) is 6.92 Å². The topological polar surface area (TPSA) is 58.5 Å². The second kappa shape index (κ2) is 10.4. The molecule has 0 spiro atoms. The number of rotatable bonds is 9. The lowest BCUT2D eigenvalue weighted by Crippen LogP contribution is -2.39. The third-order valence-electron chi connectivity index (χ3n) is 2.83. The van der Waals surface area contributed by atoms with Crippen molar-refractivity contribution >= 4 is 17.3 Å². The normalized spacial score (nSPS) is 12.5. The molecule has 0 aliphatic rings. The Balaban J connectivity index is 2.10. The van der Waals surface area contributed by atoms with Crippen LogP contribution in [0.5, 0.6) is 0 Å². The summed E-state index contributed by atoms with van der Waals surface area (Å²) in [6.45, 7) is 2.14. The van der Waals surface area contributed by atoms with Gasteiger partial charge in [0.25, 0.3) is 0 Å². The van der Waals surface area contributed by atoms with Crippen LogP contribution in [0.3, 0.4) is 0 Å². The maximum atomic E-state index is 11.9. The van der Waals surface area contributed by atoms with Crippen molar-refractivity contribution in [1.29, 1.82) is 0 Å². The Kier molecular flexibility index (Phi) is 8.93. The number of thiazole rings is 1. The van der Waals surface area contributed by atoms with E-state index in [-0.39, 0.29) is 6.61 Å². The summed E-state index contributed by atoms with van der Waals surface area (Å²) in [5.41, 5.74) is 0. The lowest BCUT2D eigenvalue weighted by Gasteiger charge is -2.12. The van der Waals surface area contributed by atoms with E-state index in [1.165, 1.54) is 4.88 Å². The minimum Gasteiger partial charge on any atom is -0.372 e. The molecule has 0 unspecified atom stereocenters. The Labute approximate surface area is 138 Å². The highest BCUT2D eigenvalue weighted by molar-refractivity contribution is 7.11. The summed E-state index contributed by atoms with van der Waals surface area (Å²) in [4.78, 5) is 9.65. The average molecular weight is 352 g/mol. The number of hydrogen-bond donors (Lipinski definition) is 2. The highest BCUT2D eigenvalue weighted by atomic mass is 32.1. The summed E-state index contributed by atoms with van der Waals surface area (Å²) in [5.74, 6) is 0.619. The molecule has 132 valence electrons. The SMILES string of the molecule is CCc1cnc(CCNC(=NC)NCCCOCC(F)(F)F)s1. The number of nitrogens with zero attached hydrogens (tertiary/aromatic N) is 2. The van der Waals surface area contributed by atoms with Gasteiger partial charge in [-0.15, -0.1) is 11.3 Å². The van der Waals surface area contributed by atoms with Crippen LogP contribution in [-0.4, -0.2) is 50.5 Å². The number of alkyl halides is 3. The van der Waals surface area contributed by atoms with Gasteiger partial charge in [-0.3, -0.25) is 4.99 Å². The number of guanidine groups is 1. The molecule has 0 radical (unpaired) electrons. The molecule has 9 heteroatoms. The first kappa shape index (κ1) is 19.7. The van der Waals surface area contributed by atoms with E-state index < -0.39 is 12.8 Å². The summed E-state index contributed by atoms with van der Waals surface area (Å²) in [6, 6.07) is 0. The van der Waals surface area contributed by atoms with Gasteiger partial charge in [-0.05, 0) is 12.8 Å². The first-order valence-corrected chi connectivity index (χ1v) is 8.29. The van der Waals surface area contributed by atoms with Crippen molar-refractivity contribution in [2.24, 2.45) is 4.99 Å². The maximum absolute atomic E-state index is 11.9. The monoisotopic (exact) mass is 352 g/mol. The van der Waals surface area contributed by atoms with E-state index in [0.717, 1.165) is 17.8 Å². The van der Waals surface area contributed by atoms with Crippen LogP contribution in [0.25, 0.3) is 0 Å². The number of nitrogens with one attached hydrogen (secondary N) is 2. The Hall–Kier alpha value is -1.35. The molecule has 0 saturated heterocycles. The summed E-state index contributed by atoms with van der Waals surface area (Å²) < 4.78 is 40.2. The predicted molar refractivity (Wildman–Crippen MR) is 86.1 cm³/mol. The van der Waals surface area contributed by atoms with Crippen LogP contribution in [0.15, 0.2) is 11.2 Å². The fourth-order valence-corrected chi connectivity index (χ4v) is 2.57. The van der Waals surface area contributed by atoms with Crippen molar-refractivity contribution < 1.29 is 17.9 Å². The van der Waals surface area contributed by atoms with Crippen molar-refractivity contribution in [3.63, 3.8) is 0 Å². The number of halogens is 3. The van der Waals surface area contributed by atoms with E-state index in [0.29, 0.717) is 25.5 Å². The minimum atomic E-state index is -4.27. The molecule has 5 nitrogen and oxygen atoms in total. The molecule has 1 rings (SSSR count). The minimum absolute atomic E-state index is 0.0580. The zero-order chi connectivity index (χ0) is 17.1. The van der Waals surface area contributed by atoms with Gasteiger partial charge in [-0.25, -0.2) is 4.98 Å². The average Bonchev–Trinajstić information content (AvgIpc) is 2.95. The molecule has 0 aliphatic heterocycles. The number of hydrogen-bond acceptors (Lipinski definition) is 4. The van der Waals surface area contributed by atoms with Gasteiger partial charge in [0.05, 0.1) is 5.01 Å². The molecule has 2 N–H and O–H groups in total. The molecule has 0 amide bonds. The van der Waals surface area contributed by atoms with Crippen LogP contribution in [0.4, 0.5) is 13.2 Å². The van der Waals surface area contributed by atoms with Gasteiger partial charge < -0.3 is 15.4 Å². The maximum Gasteiger partial charge on any atom is 0.411 e. The molecule has 1 aromatic rings. The standard InChI is InChI=1S/C14H23F3N4OS/c1-3-11-9-21-12(23-11)5-7-20-13(18-2)19-6-4-8-22-10-14(15,16)17/h9H,3-8,10H2,1-2H3,(H2,18,19,20). The van der Waals surface area contributed by atoms with Gasteiger partial charge in [0.15, 0.2) is 5.96 Å². The summed E-state index contributed by atoms with van der Waals surface area (Å²) in [7, 11) is 1.65. The van der Waals surface area contributed by atoms with Gasteiger partial charge in [0.1, 0.15) is 6.61 Å². The zero-order valence-corrected chi connectivity index (χ0v) is 14.2. The first-order valence-electron chi connectivity index (χ1n) is 7.47. The highest BCUT2D eigenvalue weighted by Gasteiger charge is 2.27. The fraction of sp³-hybridized carbons (Fsp3) is 0.714. The first-order chi connectivity index (χ1) is 10.9. The molecular formula is C14H23F3N4OS. The van der Waals surface area contributed by atoms with E-state index in [4.69, 9.17) is 0 Å². The van der Waals surface area contributed by atoms with E-state index in [1.54, 1.807) is 18.4 Å². The van der Waals surface area contributed by atoms with Crippen molar-refractivity contribution in [1.82, 2.24) is 15.6 Å². The van der Waals surface area contributed by atoms with Crippen molar-refractivity contribution in [3.05, 3.63) is 16.1 Å². The molecule has 0 saturated carbocycles. The van der Waals surface area contributed by atoms with E-state index in [2.05, 4.69) is 32.3 Å². The third kappa shape index (κ3) is 9.39. The highest BCUT2D eigenvalue weighted by Crippen LogP contribution is 2.14. The number of aryl methyl sites for hydroxylation is 1. The van der Waals surface area contributed by atoms with Crippen LogP contribution in [0.2, 0.25) is 0 Å². The Bertz CT molecular complexity index is 477. The van der Waals surface area contributed by atoms with Crippen molar-refractivity contribution in [3.8, 4) is 0 Å². The van der Waals surface area contributed by atoms with Gasteiger partial charge >= 0.3 is 6.18 Å². The Morgan fingerprint density at radius 1 is 1.35 bits per heavy atom.